The molecule has 172 valence electrons. The van der Waals surface area contributed by atoms with Gasteiger partial charge in [-0.05, 0) is 25.3 Å². The van der Waals surface area contributed by atoms with Crippen LogP contribution in [0.5, 0.6) is 0 Å². The molecule has 2 aliphatic heterocycles. The van der Waals surface area contributed by atoms with Crippen LogP contribution in [0.15, 0.2) is 26.9 Å². The first-order valence-corrected chi connectivity index (χ1v) is 12.4. The molecule has 2 aromatic heterocycles. The summed E-state index contributed by atoms with van der Waals surface area (Å²) in [7, 11) is -3.76. The molecule has 2 fully saturated rings. The number of urea groups is 1. The van der Waals surface area contributed by atoms with Gasteiger partial charge in [0.1, 0.15) is 10.6 Å². The van der Waals surface area contributed by atoms with Crippen molar-refractivity contribution in [2.45, 2.75) is 25.2 Å². The van der Waals surface area contributed by atoms with Gasteiger partial charge < -0.3 is 4.52 Å². The van der Waals surface area contributed by atoms with Crippen molar-refractivity contribution in [2.75, 3.05) is 39.4 Å². The number of hydrogen-bond donors (Lipinski definition) is 0. The molecule has 13 heteroatoms. The highest BCUT2D eigenvalue weighted by Crippen LogP contribution is 2.24. The Morgan fingerprint density at radius 2 is 1.75 bits per heavy atom. The van der Waals surface area contributed by atoms with Gasteiger partial charge in [-0.3, -0.25) is 19.4 Å². The van der Waals surface area contributed by atoms with E-state index in [1.165, 1.54) is 15.6 Å². The number of hydrogen-bond acceptors (Lipinski definition) is 9. The molecular weight excluding hydrogens is 458 g/mol. The first-order chi connectivity index (χ1) is 15.2. The van der Waals surface area contributed by atoms with Gasteiger partial charge >= 0.3 is 17.8 Å². The maximum Gasteiger partial charge on any atom is 0.335 e. The predicted molar refractivity (Wildman–Crippen MR) is 113 cm³/mol. The molecule has 2 saturated heterocycles. The van der Waals surface area contributed by atoms with E-state index >= 15 is 0 Å². The van der Waals surface area contributed by atoms with Gasteiger partial charge in [0, 0.05) is 44.0 Å². The average molecular weight is 482 g/mol. The van der Waals surface area contributed by atoms with Gasteiger partial charge in [0.05, 0.1) is 6.67 Å². The highest BCUT2D eigenvalue weighted by molar-refractivity contribution is 7.89. The van der Waals surface area contributed by atoms with Crippen molar-refractivity contribution in [3.05, 3.63) is 33.8 Å². The van der Waals surface area contributed by atoms with Gasteiger partial charge in [0.15, 0.2) is 5.76 Å². The van der Waals surface area contributed by atoms with Crippen LogP contribution in [0.1, 0.15) is 16.3 Å². The Kier molecular flexibility index (Phi) is 6.16. The van der Waals surface area contributed by atoms with E-state index in [9.17, 15) is 22.8 Å². The molecule has 32 heavy (non-hydrogen) atoms. The highest BCUT2D eigenvalue weighted by Gasteiger charge is 2.45. The monoisotopic (exact) mass is 481 g/mol. The number of carbonyl (C=O) groups is 3. The van der Waals surface area contributed by atoms with E-state index in [0.29, 0.717) is 25.2 Å². The van der Waals surface area contributed by atoms with Crippen LogP contribution in [-0.4, -0.2) is 89.8 Å². The standard InChI is InChI=1S/C19H23N5O6S2/c1-13-16(14(2)30-20-13)32(28,29)22-9-7-21(8-10-22)12-24-18(26)17(25)23(19(24)27)6-5-15-4-3-11-31-15/h3-4,11H,5-10,12H2,1-2H3. The lowest BCUT2D eigenvalue weighted by Gasteiger charge is -2.35. The molecule has 0 saturated carbocycles. The normalized spacial score (nSPS) is 18.9. The second-order valence-corrected chi connectivity index (χ2v) is 10.5. The molecule has 0 bridgehead atoms. The van der Waals surface area contributed by atoms with Gasteiger partial charge in [-0.15, -0.1) is 11.3 Å². The van der Waals surface area contributed by atoms with Crippen molar-refractivity contribution in [3.63, 3.8) is 0 Å². The Morgan fingerprint density at radius 1 is 1.06 bits per heavy atom. The lowest BCUT2D eigenvalue weighted by molar-refractivity contribution is -0.144. The van der Waals surface area contributed by atoms with Crippen LogP contribution in [-0.2, 0) is 26.0 Å². The summed E-state index contributed by atoms with van der Waals surface area (Å²) >= 11 is 1.52. The van der Waals surface area contributed by atoms with E-state index in [0.717, 1.165) is 14.7 Å². The van der Waals surface area contributed by atoms with Gasteiger partial charge in [0.2, 0.25) is 10.0 Å². The predicted octanol–water partition coefficient (Wildman–Crippen LogP) is 0.650. The van der Waals surface area contributed by atoms with E-state index in [1.807, 2.05) is 17.5 Å². The number of sulfonamides is 1. The molecule has 2 aromatic rings. The quantitative estimate of drug-likeness (QED) is 0.417. The zero-order chi connectivity index (χ0) is 23.0. The van der Waals surface area contributed by atoms with E-state index < -0.39 is 27.9 Å². The Morgan fingerprint density at radius 3 is 2.34 bits per heavy atom. The molecule has 11 nitrogen and oxygen atoms in total. The first-order valence-electron chi connectivity index (χ1n) is 10.0. The van der Waals surface area contributed by atoms with Crippen molar-refractivity contribution >= 4 is 39.2 Å². The summed E-state index contributed by atoms with van der Waals surface area (Å²) in [5.74, 6) is -1.45. The van der Waals surface area contributed by atoms with Crippen molar-refractivity contribution in [1.29, 1.82) is 0 Å². The minimum absolute atomic E-state index is 0.0574. The number of aromatic nitrogens is 1. The average Bonchev–Trinajstić information content (AvgIpc) is 3.45. The Hall–Kier alpha value is -2.61. The van der Waals surface area contributed by atoms with Crippen LogP contribution in [0.25, 0.3) is 0 Å². The molecule has 0 atom stereocenters. The van der Waals surface area contributed by atoms with Crippen molar-refractivity contribution < 1.29 is 27.3 Å². The van der Waals surface area contributed by atoms with Gasteiger partial charge in [-0.2, -0.15) is 4.31 Å². The molecule has 0 N–H and O–H groups in total. The highest BCUT2D eigenvalue weighted by atomic mass is 32.2. The third kappa shape index (κ3) is 4.08. The van der Waals surface area contributed by atoms with E-state index in [-0.39, 0.29) is 37.0 Å². The second-order valence-electron chi connectivity index (χ2n) is 7.62. The van der Waals surface area contributed by atoms with Crippen LogP contribution in [0.2, 0.25) is 0 Å². The van der Waals surface area contributed by atoms with E-state index in [2.05, 4.69) is 5.16 Å². The molecule has 0 aliphatic carbocycles. The van der Waals surface area contributed by atoms with E-state index in [1.54, 1.807) is 18.7 Å². The summed E-state index contributed by atoms with van der Waals surface area (Å²) in [6, 6.07) is 3.16. The van der Waals surface area contributed by atoms with Crippen LogP contribution in [0, 0.1) is 13.8 Å². The summed E-state index contributed by atoms with van der Waals surface area (Å²) in [5, 5.41) is 5.62. The van der Waals surface area contributed by atoms with Gasteiger partial charge in [-0.1, -0.05) is 11.2 Å². The fourth-order valence-corrected chi connectivity index (χ4v) is 6.24. The third-order valence-corrected chi connectivity index (χ3v) is 8.62. The number of nitrogens with zero attached hydrogens (tertiary/aromatic N) is 5. The molecule has 0 radical (unpaired) electrons. The van der Waals surface area contributed by atoms with Crippen molar-refractivity contribution in [1.82, 2.24) is 24.2 Å². The second kappa shape index (κ2) is 8.73. The number of carbonyl (C=O) groups excluding carboxylic acids is 3. The number of rotatable bonds is 7. The van der Waals surface area contributed by atoms with Gasteiger partial charge in [0.25, 0.3) is 0 Å². The Balaban J connectivity index is 1.36. The lowest BCUT2D eigenvalue weighted by Crippen LogP contribution is -2.52. The van der Waals surface area contributed by atoms with Crippen molar-refractivity contribution in [3.8, 4) is 0 Å². The topological polar surface area (TPSA) is 124 Å². The number of imide groups is 2. The number of aryl methyl sites for hydroxylation is 2. The van der Waals surface area contributed by atoms with Crippen LogP contribution >= 0.6 is 11.3 Å². The number of thiophene rings is 1. The molecule has 4 rings (SSSR count). The lowest BCUT2D eigenvalue weighted by atomic mass is 10.3. The number of piperazine rings is 1. The number of amides is 4. The molecule has 0 spiro atoms. The maximum absolute atomic E-state index is 12.9. The van der Waals surface area contributed by atoms with Gasteiger partial charge in [-0.25, -0.2) is 18.1 Å². The van der Waals surface area contributed by atoms with Crippen LogP contribution in [0.4, 0.5) is 4.79 Å². The zero-order valence-corrected chi connectivity index (χ0v) is 19.3. The molecule has 2 aliphatic rings. The smallest absolute Gasteiger partial charge is 0.335 e. The Bertz CT molecular complexity index is 1120. The van der Waals surface area contributed by atoms with Crippen LogP contribution < -0.4 is 0 Å². The SMILES string of the molecule is Cc1noc(C)c1S(=O)(=O)N1CCN(CN2C(=O)C(=O)N(CCc3cccs3)C2=O)CC1. The molecule has 0 aromatic carbocycles. The minimum Gasteiger partial charge on any atom is -0.360 e. The first kappa shape index (κ1) is 22.6. The Labute approximate surface area is 189 Å². The summed E-state index contributed by atoms with van der Waals surface area (Å²) in [6.07, 6.45) is 0.495. The summed E-state index contributed by atoms with van der Waals surface area (Å²) in [6.45, 7) is 4.19. The third-order valence-electron chi connectivity index (χ3n) is 5.54. The fraction of sp³-hybridized carbons (Fsp3) is 0.474. The zero-order valence-electron chi connectivity index (χ0n) is 17.7. The summed E-state index contributed by atoms with van der Waals surface area (Å²) in [4.78, 5) is 42.1. The molecule has 0 unspecified atom stereocenters. The van der Waals surface area contributed by atoms with E-state index in [4.69, 9.17) is 4.52 Å². The molecular formula is C19H23N5O6S2. The van der Waals surface area contributed by atoms with Crippen LogP contribution in [0.3, 0.4) is 0 Å². The minimum atomic E-state index is -3.76. The summed E-state index contributed by atoms with van der Waals surface area (Å²) in [5.41, 5.74) is 0.305. The molecule has 4 heterocycles. The van der Waals surface area contributed by atoms with Crippen molar-refractivity contribution in [2.24, 2.45) is 0 Å². The largest absolute Gasteiger partial charge is 0.360 e. The fourth-order valence-electron chi connectivity index (χ4n) is 3.83. The maximum atomic E-state index is 12.9. The molecule has 4 amide bonds. The summed E-state index contributed by atoms with van der Waals surface area (Å²) < 4.78 is 32.2.